The van der Waals surface area contributed by atoms with E-state index in [-0.39, 0.29) is 0 Å². The number of hydrazine groups is 1. The minimum absolute atomic E-state index is 0.525. The minimum atomic E-state index is -1.48. The predicted octanol–water partition coefficient (Wildman–Crippen LogP) is 1.96. The zero-order valence-electron chi connectivity index (χ0n) is 7.92. The third-order valence-corrected chi connectivity index (χ3v) is 3.25. The number of nitrogens with one attached hydrogen (secondary N) is 1. The van der Waals surface area contributed by atoms with Crippen molar-refractivity contribution in [1.29, 1.82) is 0 Å². The Kier molecular flexibility index (Phi) is 3.89. The molecule has 3 N–H and O–H groups in total. The van der Waals surface area contributed by atoms with Gasteiger partial charge < -0.3 is 0 Å². The summed E-state index contributed by atoms with van der Waals surface area (Å²) in [4.78, 5) is 11.4. The molecule has 0 heterocycles. The molecule has 1 atom stereocenters. The van der Waals surface area contributed by atoms with Crippen molar-refractivity contribution in [3.63, 3.8) is 0 Å². The van der Waals surface area contributed by atoms with Gasteiger partial charge in [-0.2, -0.15) is 0 Å². The lowest BCUT2D eigenvalue weighted by atomic mass is 10.1. The summed E-state index contributed by atoms with van der Waals surface area (Å²) in [5.41, 5.74) is 3.30. The average molecular weight is 265 g/mol. The van der Waals surface area contributed by atoms with Crippen molar-refractivity contribution in [3.8, 4) is 0 Å². The average Bonchev–Trinajstić information content (AvgIpc) is 2.20. The number of aryl methyl sites for hydroxylation is 1. The molecule has 3 nitrogen and oxygen atoms in total. The van der Waals surface area contributed by atoms with Gasteiger partial charge >= 0.3 is 0 Å². The molecule has 0 saturated heterocycles. The Bertz CT molecular complexity index is 396. The third kappa shape index (κ3) is 2.58. The predicted molar refractivity (Wildman–Crippen MR) is 65.0 cm³/mol. The van der Waals surface area contributed by atoms with Crippen LogP contribution in [-0.2, 0) is 9.00 Å². The van der Waals surface area contributed by atoms with Gasteiger partial charge in [0.15, 0.2) is 4.21 Å². The standard InChI is InChI=1S/C9H10Cl2N2OS/c1-5-4-6(2-3-7(5)10)9(11,15)8(14)13-12/h2-4,15H,12H2,1H3,(H,13,14). The van der Waals surface area contributed by atoms with Gasteiger partial charge in [0, 0.05) is 5.02 Å². The van der Waals surface area contributed by atoms with E-state index in [1.807, 2.05) is 12.3 Å². The topological polar surface area (TPSA) is 55.1 Å². The highest BCUT2D eigenvalue weighted by molar-refractivity contribution is 7.83. The molecule has 0 aliphatic rings. The SMILES string of the molecule is Cc1cc(C(S)(Cl)C(=O)NN)ccc1Cl. The smallest absolute Gasteiger partial charge is 0.269 e. The van der Waals surface area contributed by atoms with Crippen molar-refractivity contribution in [2.24, 2.45) is 5.84 Å². The summed E-state index contributed by atoms with van der Waals surface area (Å²) in [6.45, 7) is 1.81. The van der Waals surface area contributed by atoms with E-state index in [0.29, 0.717) is 10.6 Å². The number of amides is 1. The molecule has 0 radical (unpaired) electrons. The van der Waals surface area contributed by atoms with Crippen molar-refractivity contribution in [1.82, 2.24) is 5.43 Å². The third-order valence-electron chi connectivity index (χ3n) is 1.97. The fourth-order valence-corrected chi connectivity index (χ4v) is 1.57. The van der Waals surface area contributed by atoms with Gasteiger partial charge in [-0.1, -0.05) is 35.3 Å². The summed E-state index contributed by atoms with van der Waals surface area (Å²) in [5, 5.41) is 0.604. The molecule has 1 aromatic rings. The lowest BCUT2D eigenvalue weighted by Crippen LogP contribution is -2.40. The maximum Gasteiger partial charge on any atom is 0.269 e. The Hall–Kier alpha value is -0.420. The van der Waals surface area contributed by atoms with Gasteiger partial charge in [0.1, 0.15) is 0 Å². The molecule has 15 heavy (non-hydrogen) atoms. The van der Waals surface area contributed by atoms with E-state index in [1.165, 1.54) is 0 Å². The summed E-state index contributed by atoms with van der Waals surface area (Å²) < 4.78 is -1.48. The Morgan fingerprint density at radius 2 is 2.20 bits per heavy atom. The number of thiol groups is 1. The summed E-state index contributed by atoms with van der Waals surface area (Å²) in [6.07, 6.45) is 0. The largest absolute Gasteiger partial charge is 0.292 e. The number of rotatable bonds is 2. The lowest BCUT2D eigenvalue weighted by Gasteiger charge is -2.19. The van der Waals surface area contributed by atoms with Gasteiger partial charge in [0.25, 0.3) is 5.91 Å². The Balaban J connectivity index is 3.16. The van der Waals surface area contributed by atoms with Crippen LogP contribution in [0.5, 0.6) is 0 Å². The van der Waals surface area contributed by atoms with Gasteiger partial charge in [0.2, 0.25) is 0 Å². The monoisotopic (exact) mass is 264 g/mol. The van der Waals surface area contributed by atoms with E-state index in [9.17, 15) is 4.79 Å². The van der Waals surface area contributed by atoms with Gasteiger partial charge in [-0.3, -0.25) is 10.2 Å². The zero-order valence-corrected chi connectivity index (χ0v) is 10.3. The van der Waals surface area contributed by atoms with Crippen molar-refractivity contribution >= 4 is 41.7 Å². The second-order valence-electron chi connectivity index (χ2n) is 3.06. The summed E-state index contributed by atoms with van der Waals surface area (Å²) in [5.74, 6) is 4.42. The van der Waals surface area contributed by atoms with Gasteiger partial charge in [-0.05, 0) is 24.1 Å². The number of hydrogen-bond acceptors (Lipinski definition) is 3. The van der Waals surface area contributed by atoms with Crippen LogP contribution in [-0.4, -0.2) is 5.91 Å². The van der Waals surface area contributed by atoms with Crippen LogP contribution in [0.25, 0.3) is 0 Å². The van der Waals surface area contributed by atoms with Gasteiger partial charge in [0.05, 0.1) is 0 Å². The molecule has 1 aromatic carbocycles. The highest BCUT2D eigenvalue weighted by Gasteiger charge is 2.33. The molecule has 0 bridgehead atoms. The number of hydrogen-bond donors (Lipinski definition) is 3. The van der Waals surface area contributed by atoms with E-state index in [0.717, 1.165) is 5.56 Å². The van der Waals surface area contributed by atoms with Crippen molar-refractivity contribution in [2.75, 3.05) is 0 Å². The molecule has 82 valence electrons. The quantitative estimate of drug-likeness (QED) is 0.252. The summed E-state index contributed by atoms with van der Waals surface area (Å²) in [7, 11) is 0. The normalized spacial score (nSPS) is 14.5. The Labute approximate surface area is 103 Å². The summed E-state index contributed by atoms with van der Waals surface area (Å²) in [6, 6.07) is 4.98. The molecule has 1 unspecified atom stereocenters. The fraction of sp³-hybridized carbons (Fsp3) is 0.222. The number of carbonyl (C=O) groups is 1. The van der Waals surface area contributed by atoms with E-state index in [2.05, 4.69) is 12.6 Å². The Morgan fingerprint density at radius 1 is 1.60 bits per heavy atom. The lowest BCUT2D eigenvalue weighted by molar-refractivity contribution is -0.121. The molecular formula is C9H10Cl2N2OS. The first-order chi connectivity index (χ1) is 6.89. The second-order valence-corrected chi connectivity index (χ2v) is 4.97. The first-order valence-corrected chi connectivity index (χ1v) is 5.29. The van der Waals surface area contributed by atoms with E-state index >= 15 is 0 Å². The molecule has 0 spiro atoms. The highest BCUT2D eigenvalue weighted by atomic mass is 35.5. The molecule has 1 amide bonds. The number of halogens is 2. The zero-order chi connectivity index (χ0) is 11.6. The first-order valence-electron chi connectivity index (χ1n) is 4.08. The molecule has 6 heteroatoms. The minimum Gasteiger partial charge on any atom is -0.292 e. The molecule has 0 saturated carbocycles. The van der Waals surface area contributed by atoms with Crippen molar-refractivity contribution < 1.29 is 4.79 Å². The molecule has 0 aliphatic carbocycles. The van der Waals surface area contributed by atoms with Crippen molar-refractivity contribution in [3.05, 3.63) is 34.3 Å². The highest BCUT2D eigenvalue weighted by Crippen LogP contribution is 2.35. The van der Waals surface area contributed by atoms with E-state index in [4.69, 9.17) is 29.0 Å². The number of carbonyl (C=O) groups excluding carboxylic acids is 1. The fourth-order valence-electron chi connectivity index (χ4n) is 1.08. The molecule has 1 rings (SSSR count). The van der Waals surface area contributed by atoms with E-state index in [1.54, 1.807) is 18.2 Å². The van der Waals surface area contributed by atoms with Crippen LogP contribution in [0.2, 0.25) is 5.02 Å². The molecule has 0 fully saturated rings. The summed E-state index contributed by atoms with van der Waals surface area (Å²) >= 11 is 15.9. The van der Waals surface area contributed by atoms with Crippen LogP contribution in [0, 0.1) is 6.92 Å². The number of nitrogens with two attached hydrogens (primary N) is 1. The van der Waals surface area contributed by atoms with Crippen LogP contribution < -0.4 is 11.3 Å². The van der Waals surface area contributed by atoms with Crippen LogP contribution in [0.15, 0.2) is 18.2 Å². The van der Waals surface area contributed by atoms with Crippen LogP contribution in [0.4, 0.5) is 0 Å². The van der Waals surface area contributed by atoms with E-state index < -0.39 is 10.1 Å². The maximum absolute atomic E-state index is 11.4. The molecular weight excluding hydrogens is 255 g/mol. The number of alkyl halides is 1. The second kappa shape index (κ2) is 4.61. The molecule has 0 aliphatic heterocycles. The first kappa shape index (κ1) is 12.6. The van der Waals surface area contributed by atoms with Gasteiger partial charge in [-0.15, -0.1) is 12.6 Å². The van der Waals surface area contributed by atoms with Crippen LogP contribution in [0.1, 0.15) is 11.1 Å². The maximum atomic E-state index is 11.4. The molecule has 0 aromatic heterocycles. The van der Waals surface area contributed by atoms with Crippen molar-refractivity contribution in [2.45, 2.75) is 11.1 Å². The Morgan fingerprint density at radius 3 is 2.67 bits per heavy atom. The van der Waals surface area contributed by atoms with Crippen LogP contribution in [0.3, 0.4) is 0 Å². The van der Waals surface area contributed by atoms with Gasteiger partial charge in [-0.25, -0.2) is 5.84 Å². The van der Waals surface area contributed by atoms with Crippen LogP contribution >= 0.6 is 35.8 Å². The number of benzene rings is 1.